The quantitative estimate of drug-likeness (QED) is 0.612. The minimum absolute atomic E-state index is 0.531. The zero-order chi connectivity index (χ0) is 14.9. The highest BCUT2D eigenvalue weighted by Gasteiger charge is 2.53. The van der Waals surface area contributed by atoms with Crippen LogP contribution < -0.4 is 5.32 Å². The summed E-state index contributed by atoms with van der Waals surface area (Å²) < 4.78 is 6.07. The van der Waals surface area contributed by atoms with Crippen molar-refractivity contribution in [2.45, 2.75) is 25.0 Å². The number of fused-ring (bicyclic) bond motifs is 5. The van der Waals surface area contributed by atoms with Crippen LogP contribution in [0.5, 0.6) is 0 Å². The summed E-state index contributed by atoms with van der Waals surface area (Å²) in [5, 5.41) is 3.58. The maximum atomic E-state index is 6.07. The summed E-state index contributed by atoms with van der Waals surface area (Å²) >= 11 is 2.07. The van der Waals surface area contributed by atoms with Crippen molar-refractivity contribution in [3.05, 3.63) is 0 Å². The van der Waals surface area contributed by atoms with Crippen LogP contribution in [0.3, 0.4) is 0 Å². The number of nitrogens with zero attached hydrogens (tertiary/aromatic N) is 3. The molecule has 1 N–H and O–H groups in total. The molecule has 4 rings (SSSR count). The number of guanidine groups is 1. The van der Waals surface area contributed by atoms with E-state index >= 15 is 0 Å². The standard InChI is InChI=1S/C16H28N4OS/c1-17-16(18-4-5-19-6-8-22-9-7-19)20-10-12-13(11-20)15-3-2-14(12)21-15/h12-15H,2-11H2,1H3,(H,17,18). The monoisotopic (exact) mass is 324 g/mol. The van der Waals surface area contributed by atoms with Crippen LogP contribution in [-0.2, 0) is 4.74 Å². The minimum Gasteiger partial charge on any atom is -0.374 e. The number of rotatable bonds is 3. The Kier molecular flexibility index (Phi) is 4.51. The van der Waals surface area contributed by atoms with Gasteiger partial charge < -0.3 is 15.0 Å². The third-order valence-corrected chi connectivity index (χ3v) is 6.72. The van der Waals surface area contributed by atoms with Crippen LogP contribution in [0.4, 0.5) is 0 Å². The highest BCUT2D eigenvalue weighted by atomic mass is 32.2. The predicted molar refractivity (Wildman–Crippen MR) is 91.6 cm³/mol. The van der Waals surface area contributed by atoms with E-state index in [0.29, 0.717) is 12.2 Å². The lowest BCUT2D eigenvalue weighted by atomic mass is 9.82. The molecule has 5 nitrogen and oxygen atoms in total. The fourth-order valence-corrected chi connectivity index (χ4v) is 5.59. The molecule has 0 amide bonds. The molecule has 0 aliphatic carbocycles. The Balaban J connectivity index is 1.26. The molecule has 4 saturated heterocycles. The molecule has 2 bridgehead atoms. The molecule has 0 saturated carbocycles. The molecule has 4 aliphatic rings. The van der Waals surface area contributed by atoms with Gasteiger partial charge in [0.2, 0.25) is 0 Å². The van der Waals surface area contributed by atoms with Gasteiger partial charge in [-0.25, -0.2) is 0 Å². The normalized spacial score (nSPS) is 38.6. The van der Waals surface area contributed by atoms with Crippen molar-refractivity contribution < 1.29 is 4.74 Å². The smallest absolute Gasteiger partial charge is 0.193 e. The second-order valence-corrected chi connectivity index (χ2v) is 8.18. The Morgan fingerprint density at radius 1 is 1.18 bits per heavy atom. The van der Waals surface area contributed by atoms with E-state index in [4.69, 9.17) is 4.74 Å². The second-order valence-electron chi connectivity index (χ2n) is 6.95. The molecule has 124 valence electrons. The van der Waals surface area contributed by atoms with Gasteiger partial charge in [-0.1, -0.05) is 0 Å². The first kappa shape index (κ1) is 15.1. The summed E-state index contributed by atoms with van der Waals surface area (Å²) in [4.78, 5) is 9.55. The SMILES string of the molecule is CN=C(NCCN1CCSCC1)N1CC2C3CCC(O3)C2C1. The van der Waals surface area contributed by atoms with E-state index in [-0.39, 0.29) is 0 Å². The van der Waals surface area contributed by atoms with Gasteiger partial charge in [0.1, 0.15) is 0 Å². The molecule has 4 heterocycles. The minimum atomic E-state index is 0.531. The molecule has 0 aromatic rings. The molecule has 0 aromatic carbocycles. The Morgan fingerprint density at radius 2 is 1.86 bits per heavy atom. The lowest BCUT2D eigenvalue weighted by molar-refractivity contribution is 0.0767. The first-order valence-corrected chi connectivity index (χ1v) is 9.92. The van der Waals surface area contributed by atoms with Gasteiger partial charge >= 0.3 is 0 Å². The van der Waals surface area contributed by atoms with Crippen LogP contribution in [0.2, 0.25) is 0 Å². The van der Waals surface area contributed by atoms with Crippen LogP contribution in [0, 0.1) is 11.8 Å². The van der Waals surface area contributed by atoms with E-state index in [0.717, 1.165) is 44.0 Å². The molecule has 4 fully saturated rings. The maximum Gasteiger partial charge on any atom is 0.193 e. The number of nitrogens with one attached hydrogen (secondary N) is 1. The van der Waals surface area contributed by atoms with Crippen molar-refractivity contribution in [1.82, 2.24) is 15.1 Å². The largest absolute Gasteiger partial charge is 0.374 e. The van der Waals surface area contributed by atoms with Crippen molar-refractivity contribution >= 4 is 17.7 Å². The van der Waals surface area contributed by atoms with E-state index in [1.165, 1.54) is 37.4 Å². The van der Waals surface area contributed by atoms with Crippen LogP contribution in [-0.4, -0.2) is 85.8 Å². The first-order chi connectivity index (χ1) is 10.8. The van der Waals surface area contributed by atoms with Gasteiger partial charge in [-0.2, -0.15) is 11.8 Å². The lowest BCUT2D eigenvalue weighted by Gasteiger charge is -2.28. The van der Waals surface area contributed by atoms with E-state index < -0.39 is 0 Å². The van der Waals surface area contributed by atoms with Gasteiger partial charge in [-0.15, -0.1) is 0 Å². The molecule has 22 heavy (non-hydrogen) atoms. The molecule has 0 aromatic heterocycles. The molecule has 0 radical (unpaired) electrons. The van der Waals surface area contributed by atoms with Gasteiger partial charge in [0.25, 0.3) is 0 Å². The summed E-state index contributed by atoms with van der Waals surface area (Å²) in [6, 6.07) is 0. The Bertz CT molecular complexity index is 408. The third kappa shape index (κ3) is 2.85. The molecule has 4 unspecified atom stereocenters. The van der Waals surface area contributed by atoms with Crippen molar-refractivity contribution in [2.24, 2.45) is 16.8 Å². The van der Waals surface area contributed by atoms with Crippen molar-refractivity contribution in [3.8, 4) is 0 Å². The average Bonchev–Trinajstić information content (AvgIpc) is 3.25. The molecular formula is C16H28N4OS. The van der Waals surface area contributed by atoms with Crippen LogP contribution in [0.25, 0.3) is 0 Å². The second kappa shape index (κ2) is 6.57. The highest BCUT2D eigenvalue weighted by Crippen LogP contribution is 2.47. The van der Waals surface area contributed by atoms with Crippen LogP contribution in [0.15, 0.2) is 4.99 Å². The molecular weight excluding hydrogens is 296 g/mol. The lowest BCUT2D eigenvalue weighted by Crippen LogP contribution is -2.45. The van der Waals surface area contributed by atoms with E-state index in [2.05, 4.69) is 31.9 Å². The number of ether oxygens (including phenoxy) is 1. The van der Waals surface area contributed by atoms with E-state index in [9.17, 15) is 0 Å². The van der Waals surface area contributed by atoms with Crippen molar-refractivity contribution in [3.63, 3.8) is 0 Å². The highest BCUT2D eigenvalue weighted by molar-refractivity contribution is 7.99. The average molecular weight is 324 g/mol. The Hall–Kier alpha value is -0.460. The molecule has 6 heteroatoms. The Labute approximate surface area is 137 Å². The predicted octanol–water partition coefficient (Wildman–Crippen LogP) is 0.720. The topological polar surface area (TPSA) is 40.1 Å². The number of thioether (sulfide) groups is 1. The summed E-state index contributed by atoms with van der Waals surface area (Å²) in [6.07, 6.45) is 3.62. The van der Waals surface area contributed by atoms with Gasteiger partial charge in [-0.05, 0) is 12.8 Å². The van der Waals surface area contributed by atoms with Crippen molar-refractivity contribution in [1.29, 1.82) is 0 Å². The number of aliphatic imine (C=N–C) groups is 1. The van der Waals surface area contributed by atoms with Gasteiger partial charge in [0.05, 0.1) is 12.2 Å². The summed E-state index contributed by atoms with van der Waals surface area (Å²) in [7, 11) is 1.92. The summed E-state index contributed by atoms with van der Waals surface area (Å²) in [6.45, 7) is 6.87. The molecule has 4 atom stereocenters. The van der Waals surface area contributed by atoms with Crippen LogP contribution >= 0.6 is 11.8 Å². The fourth-order valence-electron chi connectivity index (χ4n) is 4.62. The number of likely N-dealkylation sites (tertiary alicyclic amines) is 1. The summed E-state index contributed by atoms with van der Waals surface area (Å²) in [5.41, 5.74) is 0. The Morgan fingerprint density at radius 3 is 2.50 bits per heavy atom. The van der Waals surface area contributed by atoms with E-state index in [1.807, 2.05) is 7.05 Å². The fraction of sp³-hybridized carbons (Fsp3) is 0.938. The summed E-state index contributed by atoms with van der Waals surface area (Å²) in [5.74, 6) is 5.16. The zero-order valence-corrected chi connectivity index (χ0v) is 14.4. The number of hydrogen-bond donors (Lipinski definition) is 1. The zero-order valence-electron chi connectivity index (χ0n) is 13.5. The maximum absolute atomic E-state index is 6.07. The third-order valence-electron chi connectivity index (χ3n) is 5.78. The van der Waals surface area contributed by atoms with Gasteiger partial charge in [0, 0.05) is 69.7 Å². The molecule has 0 spiro atoms. The first-order valence-electron chi connectivity index (χ1n) is 8.76. The van der Waals surface area contributed by atoms with Gasteiger partial charge in [-0.3, -0.25) is 9.89 Å². The van der Waals surface area contributed by atoms with Crippen LogP contribution in [0.1, 0.15) is 12.8 Å². The molecule has 4 aliphatic heterocycles. The van der Waals surface area contributed by atoms with Crippen molar-refractivity contribution in [2.75, 3.05) is 57.8 Å². The number of hydrogen-bond acceptors (Lipinski definition) is 4. The van der Waals surface area contributed by atoms with Gasteiger partial charge in [0.15, 0.2) is 5.96 Å². The van der Waals surface area contributed by atoms with E-state index in [1.54, 1.807) is 0 Å².